The van der Waals surface area contributed by atoms with Gasteiger partial charge in [0.1, 0.15) is 18.2 Å². The fourth-order valence-electron chi connectivity index (χ4n) is 5.00. The third kappa shape index (κ3) is 3.99. The Balaban J connectivity index is 1.65. The summed E-state index contributed by atoms with van der Waals surface area (Å²) in [5, 5.41) is 17.5. The van der Waals surface area contributed by atoms with E-state index in [0.29, 0.717) is 45.2 Å². The second-order valence-corrected chi connectivity index (χ2v) is 10.00. The van der Waals surface area contributed by atoms with Gasteiger partial charge in [0.15, 0.2) is 5.60 Å². The van der Waals surface area contributed by atoms with Gasteiger partial charge in [-0.15, -0.1) is 0 Å². The maximum absolute atomic E-state index is 12.5. The first kappa shape index (κ1) is 26.0. The average Bonchev–Trinajstić information content (AvgIpc) is 3.54. The normalized spacial score (nSPS) is 17.1. The van der Waals surface area contributed by atoms with Gasteiger partial charge in [0.05, 0.1) is 59.2 Å². The van der Waals surface area contributed by atoms with Crippen molar-refractivity contribution in [3.8, 4) is 11.6 Å². The van der Waals surface area contributed by atoms with Crippen molar-refractivity contribution >= 4 is 28.3 Å². The Kier molecular flexibility index (Phi) is 6.56. The number of hydrogen-bond acceptors (Lipinski definition) is 9. The molecule has 0 bridgehead atoms. The zero-order valence-corrected chi connectivity index (χ0v) is 23.3. The minimum Gasteiger partial charge on any atom is -0.482 e. The molecule has 3 aromatic heterocycles. The molecule has 0 saturated heterocycles. The van der Waals surface area contributed by atoms with E-state index in [1.165, 1.54) is 7.11 Å². The van der Waals surface area contributed by atoms with Crippen LogP contribution in [0.25, 0.3) is 10.9 Å². The number of fused-ring (bicyclic) bond motifs is 1. The number of ether oxygens (including phenoxy) is 2. The number of aliphatic hydroxyl groups is 1. The summed E-state index contributed by atoms with van der Waals surface area (Å²) in [7, 11) is 5.35. The summed E-state index contributed by atoms with van der Waals surface area (Å²) in [5.74, 6) is 2.88. The third-order valence-corrected chi connectivity index (χ3v) is 7.96. The molecule has 2 unspecified atom stereocenters. The molecular weight excluding hydrogens is 508 g/mol. The quantitative estimate of drug-likeness (QED) is 0.374. The Morgan fingerprint density at radius 1 is 1.21 bits per heavy atom. The fraction of sp³-hybridized carbons (Fsp3) is 0.407. The van der Waals surface area contributed by atoms with Gasteiger partial charge in [-0.2, -0.15) is 0 Å². The molecule has 5 rings (SSSR count). The van der Waals surface area contributed by atoms with Crippen LogP contribution in [0.1, 0.15) is 41.0 Å². The van der Waals surface area contributed by atoms with Crippen LogP contribution in [0.15, 0.2) is 33.9 Å². The van der Waals surface area contributed by atoms with Crippen molar-refractivity contribution in [1.29, 1.82) is 0 Å². The number of likely N-dealkylation sites (N-methyl/N-ethyl adjacent to an activating group) is 1. The Morgan fingerprint density at radius 2 is 1.97 bits per heavy atom. The molecule has 200 valence electrons. The summed E-state index contributed by atoms with van der Waals surface area (Å²) in [4.78, 5) is 15.7. The second kappa shape index (κ2) is 9.59. The third-order valence-electron chi connectivity index (χ3n) is 7.59. The molecule has 1 N–H and O–H groups in total. The van der Waals surface area contributed by atoms with E-state index in [4.69, 9.17) is 25.6 Å². The summed E-state index contributed by atoms with van der Waals surface area (Å²) in [6.07, 6.45) is 1.72. The van der Waals surface area contributed by atoms with Gasteiger partial charge in [-0.25, -0.2) is 9.97 Å². The number of nitrogens with zero attached hydrogens (tertiary/aromatic N) is 6. The van der Waals surface area contributed by atoms with E-state index in [0.717, 1.165) is 22.9 Å². The van der Waals surface area contributed by atoms with Crippen LogP contribution in [0, 0.1) is 20.8 Å². The second-order valence-electron chi connectivity index (χ2n) is 9.62. The average molecular weight is 539 g/mol. The summed E-state index contributed by atoms with van der Waals surface area (Å²) < 4.78 is 18.8. The van der Waals surface area contributed by atoms with E-state index in [1.807, 2.05) is 69.5 Å². The number of aromatic nitrogens is 4. The molecule has 2 atom stereocenters. The van der Waals surface area contributed by atoms with Crippen molar-refractivity contribution in [2.75, 3.05) is 20.7 Å². The molecule has 1 aliphatic rings. The number of benzene rings is 1. The zero-order chi connectivity index (χ0) is 27.4. The molecule has 0 fully saturated rings. The van der Waals surface area contributed by atoms with Crippen molar-refractivity contribution in [1.82, 2.24) is 24.6 Å². The van der Waals surface area contributed by atoms with Crippen molar-refractivity contribution in [3.63, 3.8) is 0 Å². The van der Waals surface area contributed by atoms with Gasteiger partial charge < -0.3 is 28.6 Å². The zero-order valence-electron chi connectivity index (χ0n) is 22.5. The summed E-state index contributed by atoms with van der Waals surface area (Å²) in [5.41, 5.74) is 2.03. The van der Waals surface area contributed by atoms with Gasteiger partial charge in [0, 0.05) is 19.5 Å². The first-order chi connectivity index (χ1) is 18.1. The number of aryl methyl sites for hydroxylation is 3. The number of amidine groups is 1. The molecular formula is C27H31ClN6O4. The molecule has 0 saturated carbocycles. The lowest BCUT2D eigenvalue weighted by Gasteiger charge is -2.39. The number of pyridine rings is 1. The van der Waals surface area contributed by atoms with Gasteiger partial charge in [-0.05, 0) is 45.4 Å². The lowest BCUT2D eigenvalue weighted by atomic mass is 9.82. The number of rotatable bonds is 7. The maximum Gasteiger partial charge on any atom is 0.258 e. The van der Waals surface area contributed by atoms with Gasteiger partial charge in [0.25, 0.3) is 5.88 Å². The molecule has 0 amide bonds. The fourth-order valence-corrected chi connectivity index (χ4v) is 5.28. The van der Waals surface area contributed by atoms with Crippen LogP contribution in [-0.2, 0) is 19.3 Å². The molecule has 10 nitrogen and oxygen atoms in total. The van der Waals surface area contributed by atoms with Gasteiger partial charge in [-0.1, -0.05) is 22.8 Å². The highest BCUT2D eigenvalue weighted by molar-refractivity contribution is 6.37. The van der Waals surface area contributed by atoms with Crippen molar-refractivity contribution in [2.24, 2.45) is 12.0 Å². The van der Waals surface area contributed by atoms with E-state index in [-0.39, 0.29) is 18.5 Å². The van der Waals surface area contributed by atoms with Crippen LogP contribution in [0.5, 0.6) is 11.6 Å². The van der Waals surface area contributed by atoms with E-state index in [2.05, 4.69) is 20.1 Å². The molecule has 1 aromatic carbocycles. The van der Waals surface area contributed by atoms with Gasteiger partial charge in [-0.3, -0.25) is 4.99 Å². The number of halogens is 1. The molecule has 38 heavy (non-hydrogen) atoms. The first-order valence-electron chi connectivity index (χ1n) is 12.2. The van der Waals surface area contributed by atoms with E-state index < -0.39 is 5.60 Å². The number of methoxy groups -OCH3 is 1. The number of hydrogen-bond donors (Lipinski definition) is 1. The Morgan fingerprint density at radius 3 is 2.55 bits per heavy atom. The predicted octanol–water partition coefficient (Wildman–Crippen LogP) is 4.09. The van der Waals surface area contributed by atoms with E-state index >= 15 is 0 Å². The van der Waals surface area contributed by atoms with Crippen LogP contribution in [0.3, 0.4) is 0 Å². The van der Waals surface area contributed by atoms with Crippen LogP contribution < -0.4 is 9.47 Å². The van der Waals surface area contributed by atoms with E-state index in [9.17, 15) is 5.11 Å². The minimum absolute atomic E-state index is 0.186. The largest absolute Gasteiger partial charge is 0.482 e. The highest BCUT2D eigenvalue weighted by Crippen LogP contribution is 2.43. The highest BCUT2D eigenvalue weighted by atomic mass is 35.5. The Labute approximate surface area is 225 Å². The van der Waals surface area contributed by atoms with Crippen molar-refractivity contribution in [3.05, 3.63) is 63.5 Å². The van der Waals surface area contributed by atoms with Crippen LogP contribution in [0.2, 0.25) is 5.02 Å². The molecule has 1 aliphatic heterocycles. The number of aliphatic imine (C=N–C) groups is 1. The Hall–Kier alpha value is -3.63. The summed E-state index contributed by atoms with van der Waals surface area (Å²) in [6, 6.07) is 5.19. The summed E-state index contributed by atoms with van der Waals surface area (Å²) >= 11 is 6.94. The van der Waals surface area contributed by atoms with Crippen molar-refractivity contribution < 1.29 is 19.1 Å². The standard InChI is InChI=1S/C27H31ClN6O4/c1-14-20(15(2)38-32-14)13-37-25-24(28)19-10-18(8-9-21(19)31-26(25)36-7)27(35,22-11-29-16(3)33(22)5)23-12-30-17(4)34(23)6/h8-11,23,35H,12-13H2,1-7H3. The van der Waals surface area contributed by atoms with Crippen LogP contribution >= 0.6 is 11.6 Å². The van der Waals surface area contributed by atoms with Crippen LogP contribution in [-0.4, -0.2) is 62.3 Å². The van der Waals surface area contributed by atoms with Gasteiger partial charge >= 0.3 is 0 Å². The predicted molar refractivity (Wildman–Crippen MR) is 144 cm³/mol. The van der Waals surface area contributed by atoms with E-state index in [1.54, 1.807) is 6.20 Å². The summed E-state index contributed by atoms with van der Waals surface area (Å²) in [6.45, 7) is 8.14. The van der Waals surface area contributed by atoms with Crippen molar-refractivity contribution in [2.45, 2.75) is 45.9 Å². The van der Waals surface area contributed by atoms with Gasteiger partial charge in [0.2, 0.25) is 5.75 Å². The minimum atomic E-state index is -1.44. The lowest BCUT2D eigenvalue weighted by molar-refractivity contribution is 0.0130. The first-order valence-corrected chi connectivity index (χ1v) is 12.6. The molecule has 0 aliphatic carbocycles. The monoisotopic (exact) mass is 538 g/mol. The topological polar surface area (TPSA) is 111 Å². The molecule has 0 radical (unpaired) electrons. The maximum atomic E-state index is 12.5. The molecule has 11 heteroatoms. The highest BCUT2D eigenvalue weighted by Gasteiger charge is 2.47. The molecule has 4 aromatic rings. The van der Waals surface area contributed by atoms with Crippen LogP contribution in [0.4, 0.5) is 0 Å². The number of imidazole rings is 1. The molecule has 0 spiro atoms. The smallest absolute Gasteiger partial charge is 0.258 e. The molecule has 4 heterocycles. The SMILES string of the molecule is COc1nc2ccc(C(O)(c3cnc(C)n3C)C3CN=C(C)N3C)cc2c(Cl)c1OCc1c(C)noc1C. The lowest BCUT2D eigenvalue weighted by Crippen LogP contribution is -2.51. The Bertz CT molecular complexity index is 1540.